The number of halogens is 1. The van der Waals surface area contributed by atoms with E-state index in [9.17, 15) is 24.9 Å². The molecule has 0 spiro atoms. The van der Waals surface area contributed by atoms with Crippen molar-refractivity contribution in [1.82, 2.24) is 0 Å². The Balaban J connectivity index is 0. The second-order valence-electron chi connectivity index (χ2n) is 5.27. The van der Waals surface area contributed by atoms with Gasteiger partial charge in [0.2, 0.25) is 0 Å². The summed E-state index contributed by atoms with van der Waals surface area (Å²) >= 11 is 5.75. The van der Waals surface area contributed by atoms with Crippen molar-refractivity contribution in [3.8, 4) is 0 Å². The zero-order valence-corrected chi connectivity index (χ0v) is 15.5. The first kappa shape index (κ1) is 28.1. The lowest BCUT2D eigenvalue weighted by Gasteiger charge is -2.31. The molecule has 0 saturated heterocycles. The van der Waals surface area contributed by atoms with Crippen LogP contribution in [0.5, 0.6) is 0 Å². The van der Waals surface area contributed by atoms with E-state index in [4.69, 9.17) is 46.6 Å². The molecule has 0 aromatic heterocycles. The maximum absolute atomic E-state index is 11.4. The number of aliphatic carboxylic acids is 1. The fourth-order valence-electron chi connectivity index (χ4n) is 1.30. The van der Waals surface area contributed by atoms with Gasteiger partial charge < -0.3 is 50.3 Å². The Morgan fingerprint density at radius 1 is 0.963 bits per heavy atom. The standard InChI is InChI=1S/C11H21ClO9.C3H6O3/c1-5(15)11(19)21-9(10(12)20-3-2-13)8(18)7(17)6(16)4-14;1-2(4)3(5)6/h5-10,13-18H,2-4H2,1H3;2,4H,1H3,(H,5,6)/t5?,6-,7-,8+,9-,10?;/m1./s1. The highest BCUT2D eigenvalue weighted by Crippen LogP contribution is 2.18. The van der Waals surface area contributed by atoms with E-state index in [2.05, 4.69) is 0 Å². The molecular formula is C14H27ClO12. The zero-order valence-electron chi connectivity index (χ0n) is 14.8. The van der Waals surface area contributed by atoms with E-state index in [-0.39, 0.29) is 6.61 Å². The van der Waals surface area contributed by atoms with Crippen LogP contribution in [-0.2, 0) is 19.1 Å². The molecule has 13 heteroatoms. The molecule has 0 radical (unpaired) electrons. The van der Waals surface area contributed by atoms with Crippen LogP contribution in [0, 0.1) is 0 Å². The second kappa shape index (κ2) is 14.9. The van der Waals surface area contributed by atoms with Crippen LogP contribution in [-0.4, -0.2) is 115 Å². The zero-order chi connectivity index (χ0) is 21.7. The highest BCUT2D eigenvalue weighted by atomic mass is 35.5. The van der Waals surface area contributed by atoms with E-state index in [1.165, 1.54) is 6.92 Å². The molecule has 0 fully saturated rings. The van der Waals surface area contributed by atoms with Crippen molar-refractivity contribution in [2.24, 2.45) is 0 Å². The maximum atomic E-state index is 11.4. The molecule has 0 aliphatic heterocycles. The highest BCUT2D eigenvalue weighted by molar-refractivity contribution is 6.20. The number of carboxylic acid groups (broad SMARTS) is 1. The summed E-state index contributed by atoms with van der Waals surface area (Å²) in [6, 6.07) is 0. The Kier molecular flexibility index (Phi) is 15.5. The number of aliphatic hydroxyl groups is 7. The van der Waals surface area contributed by atoms with Crippen LogP contribution in [0.3, 0.4) is 0 Å². The van der Waals surface area contributed by atoms with Crippen LogP contribution in [0.1, 0.15) is 13.8 Å². The molecule has 8 N–H and O–H groups in total. The smallest absolute Gasteiger partial charge is 0.335 e. The van der Waals surface area contributed by atoms with Crippen LogP contribution in [0.25, 0.3) is 0 Å². The number of hydrogen-bond donors (Lipinski definition) is 8. The van der Waals surface area contributed by atoms with Crippen LogP contribution >= 0.6 is 11.6 Å². The van der Waals surface area contributed by atoms with Gasteiger partial charge in [-0.3, -0.25) is 0 Å². The van der Waals surface area contributed by atoms with Gasteiger partial charge in [-0.1, -0.05) is 11.6 Å². The summed E-state index contributed by atoms with van der Waals surface area (Å²) in [6.45, 7) is 0.838. The quantitative estimate of drug-likeness (QED) is 0.120. The van der Waals surface area contributed by atoms with E-state index < -0.39 is 67.3 Å². The first-order valence-electron chi connectivity index (χ1n) is 7.71. The van der Waals surface area contributed by atoms with Crippen molar-refractivity contribution in [2.75, 3.05) is 19.8 Å². The lowest BCUT2D eigenvalue weighted by atomic mass is 10.0. The third kappa shape index (κ3) is 12.1. The van der Waals surface area contributed by atoms with Gasteiger partial charge in [-0.15, -0.1) is 0 Å². The summed E-state index contributed by atoms with van der Waals surface area (Å²) in [5.74, 6) is -2.32. The van der Waals surface area contributed by atoms with Crippen molar-refractivity contribution in [3.05, 3.63) is 0 Å². The molecule has 0 aromatic carbocycles. The number of ether oxygens (including phenoxy) is 2. The van der Waals surface area contributed by atoms with Gasteiger partial charge in [-0.05, 0) is 13.8 Å². The van der Waals surface area contributed by atoms with Gasteiger partial charge in [0.05, 0.1) is 19.8 Å². The highest BCUT2D eigenvalue weighted by Gasteiger charge is 2.39. The fraction of sp³-hybridized carbons (Fsp3) is 0.857. The van der Waals surface area contributed by atoms with Gasteiger partial charge in [0, 0.05) is 0 Å². The number of alkyl halides is 1. The molecule has 0 amide bonds. The van der Waals surface area contributed by atoms with E-state index in [0.29, 0.717) is 0 Å². The first-order chi connectivity index (χ1) is 12.4. The van der Waals surface area contributed by atoms with Crippen molar-refractivity contribution in [1.29, 1.82) is 0 Å². The molecule has 0 aromatic rings. The number of carbonyl (C=O) groups excluding carboxylic acids is 1. The van der Waals surface area contributed by atoms with E-state index >= 15 is 0 Å². The molecular weight excluding hydrogens is 396 g/mol. The average Bonchev–Trinajstić information content (AvgIpc) is 2.62. The summed E-state index contributed by atoms with van der Waals surface area (Å²) < 4.78 is 9.58. The monoisotopic (exact) mass is 422 g/mol. The lowest BCUT2D eigenvalue weighted by molar-refractivity contribution is -0.184. The molecule has 27 heavy (non-hydrogen) atoms. The number of rotatable bonds is 11. The Bertz CT molecular complexity index is 419. The van der Waals surface area contributed by atoms with Gasteiger partial charge in [0.25, 0.3) is 0 Å². The van der Waals surface area contributed by atoms with Crippen molar-refractivity contribution in [2.45, 2.75) is 56.0 Å². The largest absolute Gasteiger partial charge is 0.479 e. The molecule has 0 heterocycles. The SMILES string of the molecule is CC(O)C(=O)O.CC(O)C(=O)O[C@@H](C(Cl)OCCO)[C@@H](O)[C@H](O)[C@H](O)CO. The van der Waals surface area contributed by atoms with Crippen molar-refractivity contribution in [3.63, 3.8) is 0 Å². The Hall–Kier alpha value is -1.09. The number of esters is 1. The summed E-state index contributed by atoms with van der Waals surface area (Å²) in [5.41, 5.74) is -1.46. The fourth-order valence-corrected chi connectivity index (χ4v) is 1.59. The summed E-state index contributed by atoms with van der Waals surface area (Å²) in [7, 11) is 0. The van der Waals surface area contributed by atoms with E-state index in [1.54, 1.807) is 0 Å². The molecule has 3 unspecified atom stereocenters. The molecule has 162 valence electrons. The lowest BCUT2D eigenvalue weighted by Crippen LogP contribution is -2.51. The van der Waals surface area contributed by atoms with Gasteiger partial charge in [-0.2, -0.15) is 0 Å². The molecule has 0 aliphatic rings. The molecule has 0 saturated carbocycles. The number of carbonyl (C=O) groups is 2. The predicted molar refractivity (Wildman–Crippen MR) is 88.7 cm³/mol. The van der Waals surface area contributed by atoms with Gasteiger partial charge in [0.15, 0.2) is 11.7 Å². The Morgan fingerprint density at radius 2 is 1.44 bits per heavy atom. The van der Waals surface area contributed by atoms with E-state index in [0.717, 1.165) is 6.92 Å². The Morgan fingerprint density at radius 3 is 1.78 bits per heavy atom. The van der Waals surface area contributed by atoms with Crippen molar-refractivity contribution >= 4 is 23.5 Å². The van der Waals surface area contributed by atoms with E-state index in [1.807, 2.05) is 0 Å². The van der Waals surface area contributed by atoms with Crippen LogP contribution in [0.2, 0.25) is 0 Å². The first-order valence-corrected chi connectivity index (χ1v) is 8.15. The summed E-state index contributed by atoms with van der Waals surface area (Å²) in [5, 5.41) is 70.9. The minimum absolute atomic E-state index is 0.234. The van der Waals surface area contributed by atoms with Crippen LogP contribution in [0.15, 0.2) is 0 Å². The molecule has 0 aliphatic carbocycles. The van der Waals surface area contributed by atoms with Crippen LogP contribution in [0.4, 0.5) is 0 Å². The average molecular weight is 423 g/mol. The summed E-state index contributed by atoms with van der Waals surface area (Å²) in [4.78, 5) is 20.8. The van der Waals surface area contributed by atoms with Crippen LogP contribution < -0.4 is 0 Å². The van der Waals surface area contributed by atoms with Gasteiger partial charge in [0.1, 0.15) is 30.5 Å². The minimum Gasteiger partial charge on any atom is -0.479 e. The number of aliphatic hydroxyl groups excluding tert-OH is 7. The number of hydrogen-bond acceptors (Lipinski definition) is 11. The predicted octanol–water partition coefficient (Wildman–Crippen LogP) is -3.62. The topological polar surface area (TPSA) is 214 Å². The third-order valence-corrected chi connectivity index (χ3v) is 3.22. The van der Waals surface area contributed by atoms with Gasteiger partial charge >= 0.3 is 11.9 Å². The Labute approximate surface area is 160 Å². The number of carboxylic acids is 1. The van der Waals surface area contributed by atoms with Crippen molar-refractivity contribution < 1.29 is 59.9 Å². The third-order valence-electron chi connectivity index (χ3n) is 2.85. The second-order valence-corrected chi connectivity index (χ2v) is 5.70. The maximum Gasteiger partial charge on any atom is 0.335 e. The van der Waals surface area contributed by atoms with Gasteiger partial charge in [-0.25, -0.2) is 9.59 Å². The summed E-state index contributed by atoms with van der Waals surface area (Å²) in [6.07, 6.45) is -9.85. The minimum atomic E-state index is -1.89. The molecule has 0 rings (SSSR count). The molecule has 7 atom stereocenters. The normalized spacial score (nSPS) is 18.7. The molecule has 12 nitrogen and oxygen atoms in total. The molecule has 0 bridgehead atoms.